The van der Waals surface area contributed by atoms with Gasteiger partial charge in [0.15, 0.2) is 0 Å². The number of hydrogen-bond donors (Lipinski definition) is 2. The lowest BCUT2D eigenvalue weighted by molar-refractivity contribution is -0.124. The lowest BCUT2D eigenvalue weighted by atomic mass is 10.1. The van der Waals surface area contributed by atoms with Crippen molar-refractivity contribution in [3.05, 3.63) is 46.9 Å². The molecule has 0 unspecified atom stereocenters. The smallest absolute Gasteiger partial charge is 0.239 e. The number of nitriles is 1. The third-order valence-electron chi connectivity index (χ3n) is 5.86. The van der Waals surface area contributed by atoms with E-state index >= 15 is 0 Å². The number of halogens is 1. The average molecular weight is 469 g/mol. The molecule has 0 radical (unpaired) electrons. The Kier molecular flexibility index (Phi) is 7.75. The molecule has 0 saturated carbocycles. The van der Waals surface area contributed by atoms with E-state index in [4.69, 9.17) is 0 Å². The summed E-state index contributed by atoms with van der Waals surface area (Å²) >= 11 is 0. The van der Waals surface area contributed by atoms with Crippen molar-refractivity contribution in [1.82, 2.24) is 19.7 Å². The number of anilines is 1. The molecule has 1 aromatic carbocycles. The lowest BCUT2D eigenvalue weighted by Crippen LogP contribution is -2.52. The molecule has 0 bridgehead atoms. The first kappa shape index (κ1) is 25.4. The molecule has 1 aromatic heterocycles. The van der Waals surface area contributed by atoms with E-state index in [1.807, 2.05) is 39.5 Å². The van der Waals surface area contributed by atoms with Crippen LogP contribution in [-0.2, 0) is 9.59 Å². The molecule has 9 heteroatoms. The van der Waals surface area contributed by atoms with Crippen LogP contribution in [0.25, 0.3) is 5.69 Å². The maximum Gasteiger partial charge on any atom is 0.239 e. The molecule has 1 aliphatic rings. The molecule has 1 fully saturated rings. The molecule has 2 aromatic rings. The van der Waals surface area contributed by atoms with Crippen molar-refractivity contribution < 1.29 is 14.0 Å². The first-order chi connectivity index (χ1) is 16.0. The van der Waals surface area contributed by atoms with E-state index in [1.165, 1.54) is 12.1 Å². The minimum Gasteiger partial charge on any atom is -0.350 e. The van der Waals surface area contributed by atoms with Crippen molar-refractivity contribution >= 4 is 17.6 Å². The van der Waals surface area contributed by atoms with Gasteiger partial charge in [-0.05, 0) is 58.4 Å². The topological polar surface area (TPSA) is 93.4 Å². The molecule has 3 rings (SSSR count). The van der Waals surface area contributed by atoms with Gasteiger partial charge in [0, 0.05) is 37.4 Å². The molecule has 1 saturated heterocycles. The van der Waals surface area contributed by atoms with Gasteiger partial charge in [0.2, 0.25) is 11.8 Å². The Bertz CT molecular complexity index is 1100. The molecule has 2 amide bonds. The molecule has 182 valence electrons. The van der Waals surface area contributed by atoms with Crippen molar-refractivity contribution in [3.63, 3.8) is 0 Å². The average Bonchev–Trinajstić information content (AvgIpc) is 2.97. The summed E-state index contributed by atoms with van der Waals surface area (Å²) in [7, 11) is 0. The highest BCUT2D eigenvalue weighted by molar-refractivity contribution is 5.93. The Hall–Kier alpha value is -3.22. The van der Waals surface area contributed by atoms with Crippen molar-refractivity contribution in [2.75, 3.05) is 44.6 Å². The summed E-state index contributed by atoms with van der Waals surface area (Å²) in [6.45, 7) is 12.7. The zero-order valence-corrected chi connectivity index (χ0v) is 20.5. The van der Waals surface area contributed by atoms with Gasteiger partial charge in [-0.15, -0.1) is 0 Å². The summed E-state index contributed by atoms with van der Waals surface area (Å²) in [5.74, 6) is -0.296. The second-order valence-corrected chi connectivity index (χ2v) is 9.76. The van der Waals surface area contributed by atoms with E-state index in [0.717, 1.165) is 11.3 Å². The maximum atomic E-state index is 13.9. The molecule has 0 aliphatic carbocycles. The summed E-state index contributed by atoms with van der Waals surface area (Å²) < 4.78 is 15.6. The molecular formula is C25H33FN6O2. The van der Waals surface area contributed by atoms with Gasteiger partial charge in [0.1, 0.15) is 17.7 Å². The number of nitrogens with zero attached hydrogens (tertiary/aromatic N) is 4. The SMILES string of the molecule is Cc1c(C#N)c(NC(=O)CN2CCN(CC(=O)NC(C)(C)C)CC2)n(-c2cccc(F)c2)c1C. The number of carbonyl (C=O) groups excluding carboxylic acids is 2. The zero-order valence-electron chi connectivity index (χ0n) is 20.5. The van der Waals surface area contributed by atoms with E-state index in [9.17, 15) is 19.2 Å². The normalized spacial score (nSPS) is 15.1. The van der Waals surface area contributed by atoms with Crippen LogP contribution in [0.5, 0.6) is 0 Å². The highest BCUT2D eigenvalue weighted by Gasteiger charge is 2.24. The van der Waals surface area contributed by atoms with Crippen LogP contribution in [-0.4, -0.2) is 71.0 Å². The van der Waals surface area contributed by atoms with Gasteiger partial charge in [-0.3, -0.25) is 24.0 Å². The Morgan fingerprint density at radius 3 is 2.18 bits per heavy atom. The van der Waals surface area contributed by atoms with Crippen LogP contribution in [0.2, 0.25) is 0 Å². The van der Waals surface area contributed by atoms with Gasteiger partial charge in [-0.25, -0.2) is 4.39 Å². The number of amides is 2. The zero-order chi connectivity index (χ0) is 25.0. The van der Waals surface area contributed by atoms with Crippen LogP contribution in [0.4, 0.5) is 10.2 Å². The van der Waals surface area contributed by atoms with Crippen LogP contribution >= 0.6 is 0 Å². The van der Waals surface area contributed by atoms with Crippen LogP contribution in [0, 0.1) is 31.0 Å². The van der Waals surface area contributed by atoms with Gasteiger partial charge in [0.05, 0.1) is 24.3 Å². The van der Waals surface area contributed by atoms with E-state index in [-0.39, 0.29) is 23.9 Å². The number of benzene rings is 1. The monoisotopic (exact) mass is 468 g/mol. The van der Waals surface area contributed by atoms with Crippen LogP contribution in [0.15, 0.2) is 24.3 Å². The summed E-state index contributed by atoms with van der Waals surface area (Å²) in [6, 6.07) is 8.23. The maximum absolute atomic E-state index is 13.9. The van der Waals surface area contributed by atoms with Crippen molar-refractivity contribution in [2.45, 2.75) is 40.2 Å². The molecule has 34 heavy (non-hydrogen) atoms. The van der Waals surface area contributed by atoms with E-state index in [0.29, 0.717) is 49.8 Å². The molecular weight excluding hydrogens is 435 g/mol. The third-order valence-corrected chi connectivity index (χ3v) is 5.86. The van der Waals surface area contributed by atoms with Gasteiger partial charge < -0.3 is 10.6 Å². The first-order valence-corrected chi connectivity index (χ1v) is 11.4. The first-order valence-electron chi connectivity index (χ1n) is 11.4. The third kappa shape index (κ3) is 6.22. The van der Waals surface area contributed by atoms with Gasteiger partial charge in [-0.1, -0.05) is 6.07 Å². The Morgan fingerprint density at radius 1 is 1.06 bits per heavy atom. The van der Waals surface area contributed by atoms with Gasteiger partial charge >= 0.3 is 0 Å². The Balaban J connectivity index is 1.65. The number of aromatic nitrogens is 1. The highest BCUT2D eigenvalue weighted by Crippen LogP contribution is 2.30. The predicted octanol–water partition coefficient (Wildman–Crippen LogP) is 2.58. The van der Waals surface area contributed by atoms with E-state index in [2.05, 4.69) is 21.6 Å². The molecule has 2 heterocycles. The van der Waals surface area contributed by atoms with Crippen molar-refractivity contribution in [3.8, 4) is 11.8 Å². The highest BCUT2D eigenvalue weighted by atomic mass is 19.1. The standard InChI is InChI=1S/C25H33FN6O2/c1-17-18(2)32(20-8-6-7-19(26)13-20)24(21(17)14-27)28-22(33)15-30-9-11-31(12-10-30)16-23(34)29-25(3,4)5/h6-8,13H,9-12,15-16H2,1-5H3,(H,28,33)(H,29,34). The Labute approximate surface area is 200 Å². The second kappa shape index (κ2) is 10.4. The fraction of sp³-hybridized carbons (Fsp3) is 0.480. The fourth-order valence-electron chi connectivity index (χ4n) is 4.14. The second-order valence-electron chi connectivity index (χ2n) is 9.76. The van der Waals surface area contributed by atoms with Gasteiger partial charge in [0.25, 0.3) is 0 Å². The summed E-state index contributed by atoms with van der Waals surface area (Å²) in [6.07, 6.45) is 0. The number of nitrogens with one attached hydrogen (secondary N) is 2. The number of rotatable bonds is 6. The van der Waals surface area contributed by atoms with Crippen LogP contribution in [0.1, 0.15) is 37.6 Å². The van der Waals surface area contributed by atoms with Crippen molar-refractivity contribution in [2.24, 2.45) is 0 Å². The molecule has 1 aliphatic heterocycles. The summed E-state index contributed by atoms with van der Waals surface area (Å²) in [5, 5.41) is 15.6. The molecule has 0 spiro atoms. The minimum absolute atomic E-state index is 0.00780. The van der Waals surface area contributed by atoms with E-state index < -0.39 is 5.82 Å². The minimum atomic E-state index is -0.395. The Morgan fingerprint density at radius 2 is 1.65 bits per heavy atom. The molecule has 0 atom stereocenters. The van der Waals surface area contributed by atoms with Crippen LogP contribution in [0.3, 0.4) is 0 Å². The summed E-state index contributed by atoms with van der Waals surface area (Å²) in [4.78, 5) is 29.2. The lowest BCUT2D eigenvalue weighted by Gasteiger charge is -2.34. The molecule has 8 nitrogen and oxygen atoms in total. The van der Waals surface area contributed by atoms with Crippen molar-refractivity contribution in [1.29, 1.82) is 5.26 Å². The number of piperazine rings is 1. The largest absolute Gasteiger partial charge is 0.350 e. The summed E-state index contributed by atoms with van der Waals surface area (Å²) in [5.41, 5.74) is 2.15. The van der Waals surface area contributed by atoms with E-state index in [1.54, 1.807) is 16.7 Å². The van der Waals surface area contributed by atoms with Gasteiger partial charge in [-0.2, -0.15) is 5.26 Å². The predicted molar refractivity (Wildman–Crippen MR) is 129 cm³/mol. The number of carbonyl (C=O) groups is 2. The number of hydrogen-bond acceptors (Lipinski definition) is 5. The van der Waals surface area contributed by atoms with Crippen LogP contribution < -0.4 is 10.6 Å². The molecule has 2 N–H and O–H groups in total. The fourth-order valence-corrected chi connectivity index (χ4v) is 4.14. The quantitative estimate of drug-likeness (QED) is 0.680.